The molecule has 4 heteroatoms. The van der Waals surface area contributed by atoms with Crippen molar-refractivity contribution in [2.75, 3.05) is 0 Å². The maximum absolute atomic E-state index is 11.0. The highest BCUT2D eigenvalue weighted by Crippen LogP contribution is 2.22. The van der Waals surface area contributed by atoms with Crippen LogP contribution in [0.5, 0.6) is 0 Å². The van der Waals surface area contributed by atoms with Crippen molar-refractivity contribution in [3.8, 4) is 0 Å². The van der Waals surface area contributed by atoms with Crippen LogP contribution in [0.4, 0.5) is 0 Å². The number of benzene rings is 1. The smallest absolute Gasteiger partial charge is 0.309 e. The molecule has 0 aliphatic carbocycles. The van der Waals surface area contributed by atoms with E-state index in [4.69, 9.17) is 0 Å². The van der Waals surface area contributed by atoms with Gasteiger partial charge in [-0.2, -0.15) is 4.98 Å². The van der Waals surface area contributed by atoms with Crippen molar-refractivity contribution in [1.82, 2.24) is 9.97 Å². The van der Waals surface area contributed by atoms with Crippen molar-refractivity contribution in [2.45, 2.75) is 6.92 Å². The summed E-state index contributed by atoms with van der Waals surface area (Å²) in [7, 11) is 0. The zero-order valence-corrected chi connectivity index (χ0v) is 8.55. The molecule has 0 saturated carbocycles. The molecule has 0 radical (unpaired) electrons. The highest BCUT2D eigenvalue weighted by atomic mass is 79.9. The summed E-state index contributed by atoms with van der Waals surface area (Å²) in [5.74, 6) is 0. The van der Waals surface area contributed by atoms with Crippen LogP contribution in [0.25, 0.3) is 10.9 Å². The van der Waals surface area contributed by atoms with Gasteiger partial charge in [0.05, 0.1) is 5.52 Å². The number of nitrogens with zero attached hydrogens (tertiary/aromatic N) is 1. The Balaban J connectivity index is 3.03. The van der Waals surface area contributed by atoms with E-state index in [1.54, 1.807) is 0 Å². The largest absolute Gasteiger partial charge is 0.345 e. The van der Waals surface area contributed by atoms with Crippen LogP contribution < -0.4 is 5.69 Å². The fourth-order valence-electron chi connectivity index (χ4n) is 1.34. The third-order valence-electron chi connectivity index (χ3n) is 1.88. The number of aromatic amines is 1. The van der Waals surface area contributed by atoms with Gasteiger partial charge in [0.25, 0.3) is 0 Å². The Morgan fingerprint density at radius 3 is 3.00 bits per heavy atom. The molecule has 1 aromatic heterocycles. The minimum atomic E-state index is -0.303. The summed E-state index contributed by atoms with van der Waals surface area (Å²) in [6, 6.07) is 5.61. The molecule has 1 aromatic carbocycles. The van der Waals surface area contributed by atoms with Crippen LogP contribution in [0.1, 0.15) is 5.69 Å². The Bertz CT molecular complexity index is 518. The maximum atomic E-state index is 11.0. The fourth-order valence-corrected chi connectivity index (χ4v) is 1.99. The van der Waals surface area contributed by atoms with Crippen LogP contribution in [0, 0.1) is 6.92 Å². The molecule has 0 fully saturated rings. The van der Waals surface area contributed by atoms with Crippen molar-refractivity contribution in [1.29, 1.82) is 0 Å². The maximum Gasteiger partial charge on any atom is 0.345 e. The van der Waals surface area contributed by atoms with E-state index in [-0.39, 0.29) is 5.69 Å². The molecular weight excluding hydrogens is 232 g/mol. The van der Waals surface area contributed by atoms with Crippen molar-refractivity contribution in [2.24, 2.45) is 0 Å². The molecule has 0 amide bonds. The number of H-pyrrole nitrogens is 1. The summed E-state index contributed by atoms with van der Waals surface area (Å²) in [5, 5.41) is 0.960. The number of aryl methyl sites for hydroxylation is 1. The number of nitrogens with one attached hydrogen (secondary N) is 1. The van der Waals surface area contributed by atoms with Crippen LogP contribution in [-0.2, 0) is 0 Å². The number of fused-ring (bicyclic) bond motifs is 1. The average molecular weight is 239 g/mol. The van der Waals surface area contributed by atoms with Crippen LogP contribution >= 0.6 is 15.9 Å². The van der Waals surface area contributed by atoms with Crippen molar-refractivity contribution < 1.29 is 0 Å². The second-order valence-electron chi connectivity index (χ2n) is 2.80. The van der Waals surface area contributed by atoms with Gasteiger partial charge in [0.2, 0.25) is 0 Å². The van der Waals surface area contributed by atoms with Gasteiger partial charge in [-0.3, -0.25) is 0 Å². The zero-order valence-electron chi connectivity index (χ0n) is 6.97. The lowest BCUT2D eigenvalue weighted by Crippen LogP contribution is -2.11. The third kappa shape index (κ3) is 1.37. The van der Waals surface area contributed by atoms with Crippen LogP contribution in [0.15, 0.2) is 27.5 Å². The Labute approximate surface area is 82.9 Å². The van der Waals surface area contributed by atoms with Gasteiger partial charge in [0.15, 0.2) is 0 Å². The summed E-state index contributed by atoms with van der Waals surface area (Å²) in [6.45, 7) is 1.86. The Morgan fingerprint density at radius 2 is 2.23 bits per heavy atom. The lowest BCUT2D eigenvalue weighted by atomic mass is 10.2. The summed E-state index contributed by atoms with van der Waals surface area (Å²) in [6.07, 6.45) is 0. The molecule has 0 atom stereocenters. The SMILES string of the molecule is Cc1[nH]c(=O)nc2cccc(Br)c12. The van der Waals surface area contributed by atoms with E-state index in [1.165, 1.54) is 0 Å². The number of halogens is 1. The van der Waals surface area contributed by atoms with Crippen molar-refractivity contribution >= 4 is 26.8 Å². The summed E-state index contributed by atoms with van der Waals surface area (Å²) >= 11 is 3.41. The van der Waals surface area contributed by atoms with Gasteiger partial charge < -0.3 is 4.98 Å². The second kappa shape index (κ2) is 2.96. The lowest BCUT2D eigenvalue weighted by molar-refractivity contribution is 1.07. The molecule has 0 spiro atoms. The van der Waals surface area contributed by atoms with E-state index in [2.05, 4.69) is 25.9 Å². The highest BCUT2D eigenvalue weighted by Gasteiger charge is 2.03. The van der Waals surface area contributed by atoms with Crippen LogP contribution in [0.2, 0.25) is 0 Å². The molecule has 1 heterocycles. The van der Waals surface area contributed by atoms with Gasteiger partial charge in [-0.1, -0.05) is 22.0 Å². The molecule has 2 rings (SSSR count). The zero-order chi connectivity index (χ0) is 9.42. The van der Waals surface area contributed by atoms with E-state index in [1.807, 2.05) is 25.1 Å². The van der Waals surface area contributed by atoms with Gasteiger partial charge in [-0.05, 0) is 19.1 Å². The number of aromatic nitrogens is 2. The summed E-state index contributed by atoms with van der Waals surface area (Å²) in [4.78, 5) is 17.5. The third-order valence-corrected chi connectivity index (χ3v) is 2.54. The monoisotopic (exact) mass is 238 g/mol. The quantitative estimate of drug-likeness (QED) is 0.764. The molecule has 2 aromatic rings. The molecule has 0 saturated heterocycles. The molecule has 3 nitrogen and oxygen atoms in total. The molecule has 1 N–H and O–H groups in total. The number of hydrogen-bond acceptors (Lipinski definition) is 2. The topological polar surface area (TPSA) is 45.8 Å². The van der Waals surface area contributed by atoms with E-state index < -0.39 is 0 Å². The molecule has 0 unspecified atom stereocenters. The minimum Gasteiger partial charge on any atom is -0.309 e. The first-order valence-electron chi connectivity index (χ1n) is 3.83. The standard InChI is InChI=1S/C9H7BrN2O/c1-5-8-6(10)3-2-4-7(8)12-9(13)11-5/h2-4H,1H3,(H,11,12,13). The summed E-state index contributed by atoms with van der Waals surface area (Å²) in [5.41, 5.74) is 1.25. The van der Waals surface area contributed by atoms with Gasteiger partial charge in [-0.25, -0.2) is 4.79 Å². The lowest BCUT2D eigenvalue weighted by Gasteiger charge is -2.01. The van der Waals surface area contributed by atoms with Crippen LogP contribution in [-0.4, -0.2) is 9.97 Å². The van der Waals surface area contributed by atoms with Gasteiger partial charge in [0.1, 0.15) is 0 Å². The molecule has 66 valence electrons. The first-order valence-corrected chi connectivity index (χ1v) is 4.63. The first-order chi connectivity index (χ1) is 6.18. The van der Waals surface area contributed by atoms with Crippen LogP contribution in [0.3, 0.4) is 0 Å². The predicted octanol–water partition coefficient (Wildman–Crippen LogP) is 1.99. The fraction of sp³-hybridized carbons (Fsp3) is 0.111. The first kappa shape index (κ1) is 8.44. The van der Waals surface area contributed by atoms with E-state index >= 15 is 0 Å². The summed E-state index contributed by atoms with van der Waals surface area (Å²) < 4.78 is 0.950. The number of hydrogen-bond donors (Lipinski definition) is 1. The second-order valence-corrected chi connectivity index (χ2v) is 3.66. The van der Waals surface area contributed by atoms with Crippen molar-refractivity contribution in [3.05, 3.63) is 38.9 Å². The predicted molar refractivity (Wildman–Crippen MR) is 54.8 cm³/mol. The average Bonchev–Trinajstić information content (AvgIpc) is 2.02. The van der Waals surface area contributed by atoms with Crippen molar-refractivity contribution in [3.63, 3.8) is 0 Å². The van der Waals surface area contributed by atoms with E-state index in [0.29, 0.717) is 0 Å². The Hall–Kier alpha value is -1.16. The Morgan fingerprint density at radius 1 is 1.46 bits per heavy atom. The van der Waals surface area contributed by atoms with Gasteiger partial charge in [-0.15, -0.1) is 0 Å². The molecular formula is C9H7BrN2O. The van der Waals surface area contributed by atoms with Gasteiger partial charge >= 0.3 is 5.69 Å². The molecule has 0 aliphatic heterocycles. The molecule has 0 aliphatic rings. The van der Waals surface area contributed by atoms with Gasteiger partial charge in [0, 0.05) is 15.6 Å². The normalized spacial score (nSPS) is 10.6. The molecule has 13 heavy (non-hydrogen) atoms. The van der Waals surface area contributed by atoms with E-state index in [9.17, 15) is 4.79 Å². The Kier molecular flexibility index (Phi) is 1.92. The number of rotatable bonds is 0. The van der Waals surface area contributed by atoms with E-state index in [0.717, 1.165) is 21.1 Å². The molecule has 0 bridgehead atoms. The minimum absolute atomic E-state index is 0.303. The highest BCUT2D eigenvalue weighted by molar-refractivity contribution is 9.10.